The zero-order chi connectivity index (χ0) is 21.5. The second-order valence-electron chi connectivity index (χ2n) is 8.92. The van der Waals surface area contributed by atoms with E-state index in [0.29, 0.717) is 18.4 Å². The van der Waals surface area contributed by atoms with E-state index in [4.69, 9.17) is 9.02 Å². The van der Waals surface area contributed by atoms with Crippen molar-refractivity contribution in [2.24, 2.45) is 17.8 Å². The summed E-state index contributed by atoms with van der Waals surface area (Å²) in [5, 5.41) is 0. The summed E-state index contributed by atoms with van der Waals surface area (Å²) in [6, 6.07) is -0.152. The molecule has 1 saturated heterocycles. The molecular weight excluding hydrogens is 400 g/mol. The molecule has 3 unspecified atom stereocenters. The van der Waals surface area contributed by atoms with Gasteiger partial charge in [-0.25, -0.2) is 8.49 Å². The molecule has 30 heavy (non-hydrogen) atoms. The molecule has 2 aliphatic carbocycles. The minimum atomic E-state index is -1.39. The normalized spacial score (nSPS) is 35.4. The van der Waals surface area contributed by atoms with Gasteiger partial charge in [-0.05, 0) is 62.7 Å². The Morgan fingerprint density at radius 2 is 1.90 bits per heavy atom. The van der Waals surface area contributed by atoms with E-state index < -0.39 is 11.1 Å². The SMILES string of the molecule is CCC1C=CC=CC1[C@H]1CC[C@@H](OC[C@H]2[C@@H](NOS(C)=O)CCCN2C(C)=O)CC1. The van der Waals surface area contributed by atoms with E-state index in [1.807, 2.05) is 4.90 Å². The number of amides is 1. The van der Waals surface area contributed by atoms with Crippen molar-refractivity contribution in [2.75, 3.05) is 19.4 Å². The zero-order valence-corrected chi connectivity index (χ0v) is 19.4. The molecule has 0 aromatic rings. The first-order valence-corrected chi connectivity index (χ1v) is 13.0. The standard InChI is InChI=1S/C23H38N2O4S/c1-4-18-8-5-6-9-21(18)19-11-13-20(14-12-19)28-16-23-22(24-29-30(3)27)10-7-15-25(23)17(2)26/h5-6,8-9,18-24H,4,7,10-16H2,1-3H3/t18?,19-,20+,21?,22-,23-,30?/m0/s1. The third-order valence-corrected chi connectivity index (χ3v) is 7.37. The fraction of sp³-hybridized carbons (Fsp3) is 0.783. The lowest BCUT2D eigenvalue weighted by Gasteiger charge is -2.42. The van der Waals surface area contributed by atoms with E-state index in [1.54, 1.807) is 6.92 Å². The molecule has 7 heteroatoms. The van der Waals surface area contributed by atoms with Crippen molar-refractivity contribution in [3.63, 3.8) is 0 Å². The van der Waals surface area contributed by atoms with Gasteiger partial charge >= 0.3 is 0 Å². The number of likely N-dealkylation sites (tertiary alicyclic amines) is 1. The second-order valence-corrected chi connectivity index (χ2v) is 9.89. The van der Waals surface area contributed by atoms with Gasteiger partial charge in [0.2, 0.25) is 5.91 Å². The topological polar surface area (TPSA) is 67.9 Å². The lowest BCUT2D eigenvalue weighted by molar-refractivity contribution is -0.137. The number of rotatable bonds is 8. The molecule has 1 aliphatic heterocycles. The maximum Gasteiger partial charge on any atom is 0.219 e. The van der Waals surface area contributed by atoms with Crippen LogP contribution in [0.3, 0.4) is 0 Å². The van der Waals surface area contributed by atoms with Crippen LogP contribution in [-0.2, 0) is 24.9 Å². The highest BCUT2D eigenvalue weighted by molar-refractivity contribution is 7.79. The largest absolute Gasteiger partial charge is 0.376 e. The molecule has 1 saturated carbocycles. The van der Waals surface area contributed by atoms with Crippen molar-refractivity contribution in [1.29, 1.82) is 0 Å². The Bertz CT molecular complexity index is 645. The number of ether oxygens (including phenoxy) is 1. The van der Waals surface area contributed by atoms with E-state index >= 15 is 0 Å². The van der Waals surface area contributed by atoms with E-state index in [1.165, 1.54) is 25.5 Å². The van der Waals surface area contributed by atoms with Crippen molar-refractivity contribution < 1.29 is 18.0 Å². The highest BCUT2D eigenvalue weighted by Crippen LogP contribution is 2.39. The Kier molecular flexibility index (Phi) is 9.11. The van der Waals surface area contributed by atoms with Crippen LogP contribution >= 0.6 is 0 Å². The van der Waals surface area contributed by atoms with Crippen LogP contribution in [0.2, 0.25) is 0 Å². The molecule has 6 nitrogen and oxygen atoms in total. The number of allylic oxidation sites excluding steroid dienone is 4. The highest BCUT2D eigenvalue weighted by atomic mass is 32.2. The molecule has 1 N–H and O–H groups in total. The van der Waals surface area contributed by atoms with Crippen molar-refractivity contribution in [1.82, 2.24) is 10.4 Å². The Balaban J connectivity index is 1.51. The minimum absolute atomic E-state index is 0.0548. The zero-order valence-electron chi connectivity index (χ0n) is 18.6. The first kappa shape index (κ1) is 23.6. The third kappa shape index (κ3) is 6.25. The van der Waals surface area contributed by atoms with Crippen LogP contribution in [0.4, 0.5) is 0 Å². The molecular formula is C23H38N2O4S. The summed E-state index contributed by atoms with van der Waals surface area (Å²) in [7, 11) is 0. The van der Waals surface area contributed by atoms with Gasteiger partial charge in [-0.2, -0.15) is 5.48 Å². The summed E-state index contributed by atoms with van der Waals surface area (Å²) in [4.78, 5) is 14.0. The number of hydrogen-bond donors (Lipinski definition) is 1. The number of hydrogen-bond acceptors (Lipinski definition) is 5. The van der Waals surface area contributed by atoms with Gasteiger partial charge < -0.3 is 9.64 Å². The first-order valence-electron chi connectivity index (χ1n) is 11.5. The van der Waals surface area contributed by atoms with Crippen LogP contribution in [0, 0.1) is 17.8 Å². The third-order valence-electron chi connectivity index (χ3n) is 7.03. The summed E-state index contributed by atoms with van der Waals surface area (Å²) < 4.78 is 22.8. The molecule has 3 rings (SSSR count). The summed E-state index contributed by atoms with van der Waals surface area (Å²) in [6.07, 6.45) is 18.4. The molecule has 0 aromatic heterocycles. The Hall–Kier alpha value is -1.02. The van der Waals surface area contributed by atoms with Crippen molar-refractivity contribution in [3.8, 4) is 0 Å². The van der Waals surface area contributed by atoms with Gasteiger partial charge in [-0.15, -0.1) is 0 Å². The average molecular weight is 439 g/mol. The van der Waals surface area contributed by atoms with Crippen molar-refractivity contribution in [3.05, 3.63) is 24.3 Å². The smallest absolute Gasteiger partial charge is 0.219 e. The number of nitrogens with one attached hydrogen (secondary N) is 1. The molecule has 1 heterocycles. The van der Waals surface area contributed by atoms with Gasteiger partial charge in [-0.3, -0.25) is 4.79 Å². The van der Waals surface area contributed by atoms with Crippen LogP contribution in [0.5, 0.6) is 0 Å². The molecule has 2 fully saturated rings. The van der Waals surface area contributed by atoms with Gasteiger partial charge in [0.05, 0.1) is 24.8 Å². The molecule has 1 amide bonds. The fourth-order valence-corrected chi connectivity index (χ4v) is 5.64. The van der Waals surface area contributed by atoms with Crippen LogP contribution in [-0.4, -0.2) is 52.6 Å². The van der Waals surface area contributed by atoms with Gasteiger partial charge in [0.15, 0.2) is 11.1 Å². The highest BCUT2D eigenvalue weighted by Gasteiger charge is 2.35. The van der Waals surface area contributed by atoms with Crippen molar-refractivity contribution in [2.45, 2.75) is 77.0 Å². The van der Waals surface area contributed by atoms with Gasteiger partial charge in [0.1, 0.15) is 0 Å². The van der Waals surface area contributed by atoms with Gasteiger partial charge in [-0.1, -0.05) is 31.2 Å². The summed E-state index contributed by atoms with van der Waals surface area (Å²) in [6.45, 7) is 5.12. The van der Waals surface area contributed by atoms with E-state index in [0.717, 1.165) is 38.1 Å². The lowest BCUT2D eigenvalue weighted by atomic mass is 9.71. The maximum absolute atomic E-state index is 12.2. The molecule has 0 spiro atoms. The predicted molar refractivity (Wildman–Crippen MR) is 120 cm³/mol. The molecule has 5 atom stereocenters. The number of piperidine rings is 1. The summed E-state index contributed by atoms with van der Waals surface area (Å²) in [5.41, 5.74) is 2.92. The Morgan fingerprint density at radius 3 is 2.57 bits per heavy atom. The van der Waals surface area contributed by atoms with Crippen LogP contribution in [0.1, 0.15) is 58.8 Å². The van der Waals surface area contributed by atoms with Gasteiger partial charge in [0, 0.05) is 19.7 Å². The number of nitrogens with zero attached hydrogens (tertiary/aromatic N) is 1. The van der Waals surface area contributed by atoms with Crippen LogP contribution < -0.4 is 5.48 Å². The summed E-state index contributed by atoms with van der Waals surface area (Å²) in [5.74, 6) is 2.12. The molecule has 170 valence electrons. The number of carbonyl (C=O) groups is 1. The van der Waals surface area contributed by atoms with Crippen LogP contribution in [0.25, 0.3) is 0 Å². The first-order chi connectivity index (χ1) is 14.5. The van der Waals surface area contributed by atoms with Crippen molar-refractivity contribution >= 4 is 17.0 Å². The number of hydroxylamine groups is 1. The quantitative estimate of drug-likeness (QED) is 0.587. The maximum atomic E-state index is 12.2. The minimum Gasteiger partial charge on any atom is -0.376 e. The Labute approximate surface area is 184 Å². The average Bonchev–Trinajstić information content (AvgIpc) is 2.76. The van der Waals surface area contributed by atoms with E-state index in [-0.39, 0.29) is 24.1 Å². The van der Waals surface area contributed by atoms with E-state index in [9.17, 15) is 9.00 Å². The predicted octanol–water partition coefficient (Wildman–Crippen LogP) is 3.52. The molecule has 0 aromatic carbocycles. The molecule has 0 bridgehead atoms. The van der Waals surface area contributed by atoms with Crippen LogP contribution in [0.15, 0.2) is 24.3 Å². The number of carbonyl (C=O) groups excluding carboxylic acids is 1. The molecule has 3 aliphatic rings. The summed E-state index contributed by atoms with van der Waals surface area (Å²) >= 11 is -1.39. The lowest BCUT2D eigenvalue weighted by Crippen LogP contribution is -2.57. The second kappa shape index (κ2) is 11.6. The Morgan fingerprint density at radius 1 is 1.17 bits per heavy atom. The van der Waals surface area contributed by atoms with E-state index in [2.05, 4.69) is 36.7 Å². The fourth-order valence-electron chi connectivity index (χ4n) is 5.38. The molecule has 0 radical (unpaired) electrons. The van der Waals surface area contributed by atoms with Gasteiger partial charge in [0.25, 0.3) is 0 Å². The monoisotopic (exact) mass is 438 g/mol.